The summed E-state index contributed by atoms with van der Waals surface area (Å²) in [4.78, 5) is 10.0. The second kappa shape index (κ2) is 5.09. The Morgan fingerprint density at radius 3 is 2.60 bits per heavy atom. The first-order valence-electron chi connectivity index (χ1n) is 2.59. The summed E-state index contributed by atoms with van der Waals surface area (Å²) in [6.07, 6.45) is -0.743. The summed E-state index contributed by atoms with van der Waals surface area (Å²) in [5, 5.41) is 9.38. The Bertz CT molecular complexity index is 117. The standard InChI is InChI=1S/C5H8Br2O3/c1-10-5(9)4(7)3(8)2-6/h3-4,8H,2H2,1H3/t3-,4+/m0/s1. The summed E-state index contributed by atoms with van der Waals surface area (Å²) in [7, 11) is 1.28. The molecule has 1 N–H and O–H groups in total. The summed E-state index contributed by atoms with van der Waals surface area (Å²) >= 11 is 6.00. The predicted octanol–water partition coefficient (Wildman–Crippen LogP) is 0.679. The first-order chi connectivity index (χ1) is 4.63. The third-order valence-electron chi connectivity index (χ3n) is 0.922. The van der Waals surface area contributed by atoms with Gasteiger partial charge < -0.3 is 9.84 Å². The number of alkyl halides is 2. The molecule has 0 aromatic rings. The van der Waals surface area contributed by atoms with E-state index in [0.717, 1.165) is 0 Å². The largest absolute Gasteiger partial charge is 0.468 e. The van der Waals surface area contributed by atoms with Crippen molar-refractivity contribution in [2.75, 3.05) is 12.4 Å². The van der Waals surface area contributed by atoms with Crippen LogP contribution in [0.1, 0.15) is 0 Å². The van der Waals surface area contributed by atoms with Crippen LogP contribution in [0.5, 0.6) is 0 Å². The van der Waals surface area contributed by atoms with Crippen LogP contribution in [0, 0.1) is 0 Å². The normalized spacial score (nSPS) is 16.0. The Labute approximate surface area is 76.0 Å². The number of aliphatic hydroxyl groups excluding tert-OH is 1. The third-order valence-corrected chi connectivity index (χ3v) is 2.57. The average Bonchev–Trinajstić information content (AvgIpc) is 2.00. The van der Waals surface area contributed by atoms with Gasteiger partial charge in [0.15, 0.2) is 0 Å². The summed E-state index contributed by atoms with van der Waals surface area (Å²) in [6, 6.07) is 0. The van der Waals surface area contributed by atoms with Crippen LogP contribution in [0.25, 0.3) is 0 Å². The van der Waals surface area contributed by atoms with Crippen LogP contribution in [-0.2, 0) is 9.53 Å². The van der Waals surface area contributed by atoms with Crippen LogP contribution in [-0.4, -0.2) is 34.4 Å². The molecule has 0 aromatic heterocycles. The van der Waals surface area contributed by atoms with Gasteiger partial charge in [0.25, 0.3) is 0 Å². The zero-order chi connectivity index (χ0) is 8.15. The fraction of sp³-hybridized carbons (Fsp3) is 0.800. The zero-order valence-electron chi connectivity index (χ0n) is 5.38. The van der Waals surface area contributed by atoms with Gasteiger partial charge in [-0.1, -0.05) is 31.9 Å². The average molecular weight is 276 g/mol. The molecule has 0 saturated heterocycles. The van der Waals surface area contributed by atoms with E-state index in [-0.39, 0.29) is 0 Å². The molecule has 0 aliphatic rings. The van der Waals surface area contributed by atoms with Crippen molar-refractivity contribution in [3.05, 3.63) is 0 Å². The number of esters is 1. The van der Waals surface area contributed by atoms with Gasteiger partial charge in [-0.05, 0) is 0 Å². The van der Waals surface area contributed by atoms with Gasteiger partial charge in [0.05, 0.1) is 13.2 Å². The molecule has 0 bridgehead atoms. The molecule has 60 valence electrons. The number of hydrogen-bond acceptors (Lipinski definition) is 3. The Hall–Kier alpha value is 0.390. The minimum Gasteiger partial charge on any atom is -0.468 e. The van der Waals surface area contributed by atoms with Crippen LogP contribution in [0.15, 0.2) is 0 Å². The number of halogens is 2. The molecule has 10 heavy (non-hydrogen) atoms. The van der Waals surface area contributed by atoms with Gasteiger partial charge in [0.2, 0.25) is 0 Å². The highest BCUT2D eigenvalue weighted by Gasteiger charge is 2.23. The van der Waals surface area contributed by atoms with E-state index in [4.69, 9.17) is 5.11 Å². The summed E-state index contributed by atoms with van der Waals surface area (Å²) < 4.78 is 4.37. The van der Waals surface area contributed by atoms with Crippen molar-refractivity contribution in [3.63, 3.8) is 0 Å². The second-order valence-corrected chi connectivity index (χ2v) is 3.28. The van der Waals surface area contributed by atoms with Crippen LogP contribution in [0.4, 0.5) is 0 Å². The number of aliphatic hydroxyl groups is 1. The van der Waals surface area contributed by atoms with E-state index < -0.39 is 16.9 Å². The molecule has 0 saturated carbocycles. The van der Waals surface area contributed by atoms with E-state index in [1.807, 2.05) is 0 Å². The molecule has 0 fully saturated rings. The lowest BCUT2D eigenvalue weighted by molar-refractivity contribution is -0.141. The highest BCUT2D eigenvalue weighted by molar-refractivity contribution is 9.10. The molecule has 3 nitrogen and oxygen atoms in total. The highest BCUT2D eigenvalue weighted by Crippen LogP contribution is 2.09. The van der Waals surface area contributed by atoms with E-state index >= 15 is 0 Å². The Morgan fingerprint density at radius 2 is 2.30 bits per heavy atom. The number of methoxy groups -OCH3 is 1. The lowest BCUT2D eigenvalue weighted by Gasteiger charge is -2.11. The van der Waals surface area contributed by atoms with Crippen molar-refractivity contribution in [3.8, 4) is 0 Å². The maximum atomic E-state index is 10.7. The van der Waals surface area contributed by atoms with Gasteiger partial charge in [0, 0.05) is 5.33 Å². The molecule has 0 amide bonds. The predicted molar refractivity (Wildman–Crippen MR) is 44.5 cm³/mol. The minimum absolute atomic E-state index is 0.345. The van der Waals surface area contributed by atoms with E-state index in [1.165, 1.54) is 7.11 Å². The molecular formula is C5H8Br2O3. The van der Waals surface area contributed by atoms with Gasteiger partial charge in [-0.3, -0.25) is 4.79 Å². The van der Waals surface area contributed by atoms with Crippen LogP contribution in [0.3, 0.4) is 0 Å². The van der Waals surface area contributed by atoms with Gasteiger partial charge >= 0.3 is 5.97 Å². The number of carbonyl (C=O) groups excluding carboxylic acids is 1. The Kier molecular flexibility index (Phi) is 5.29. The summed E-state index contributed by atoms with van der Waals surface area (Å²) in [6.45, 7) is 0. The summed E-state index contributed by atoms with van der Waals surface area (Å²) in [5.74, 6) is -0.466. The number of rotatable bonds is 3. The quantitative estimate of drug-likeness (QED) is 0.609. The molecule has 0 heterocycles. The lowest BCUT2D eigenvalue weighted by Crippen LogP contribution is -2.30. The fourth-order valence-corrected chi connectivity index (χ4v) is 1.60. The van der Waals surface area contributed by atoms with E-state index in [1.54, 1.807) is 0 Å². The maximum Gasteiger partial charge on any atom is 0.322 e. The van der Waals surface area contributed by atoms with Crippen molar-refractivity contribution in [2.24, 2.45) is 0 Å². The summed E-state index contributed by atoms with van der Waals surface area (Å²) in [5.41, 5.74) is 0. The number of hydrogen-bond donors (Lipinski definition) is 1. The second-order valence-electron chi connectivity index (χ2n) is 1.65. The molecule has 2 atom stereocenters. The lowest BCUT2D eigenvalue weighted by atomic mass is 10.3. The van der Waals surface area contributed by atoms with Crippen molar-refractivity contribution in [1.82, 2.24) is 0 Å². The van der Waals surface area contributed by atoms with Crippen molar-refractivity contribution in [1.29, 1.82) is 0 Å². The topological polar surface area (TPSA) is 46.5 Å². The molecule has 0 spiro atoms. The number of carbonyl (C=O) groups is 1. The SMILES string of the molecule is COC(=O)[C@H](Br)[C@@H](O)CBr. The smallest absolute Gasteiger partial charge is 0.322 e. The molecule has 0 aliphatic carbocycles. The molecule has 0 aromatic carbocycles. The molecule has 0 aliphatic heterocycles. The minimum atomic E-state index is -0.743. The van der Waals surface area contributed by atoms with Crippen LogP contribution in [0.2, 0.25) is 0 Å². The molecule has 0 rings (SSSR count). The van der Waals surface area contributed by atoms with Gasteiger partial charge in [-0.25, -0.2) is 0 Å². The van der Waals surface area contributed by atoms with Crippen molar-refractivity contribution in [2.45, 2.75) is 10.9 Å². The first-order valence-corrected chi connectivity index (χ1v) is 4.63. The van der Waals surface area contributed by atoms with Crippen molar-refractivity contribution >= 4 is 37.8 Å². The molecule has 0 unspecified atom stereocenters. The van der Waals surface area contributed by atoms with Crippen LogP contribution >= 0.6 is 31.9 Å². The Balaban J connectivity index is 3.81. The highest BCUT2D eigenvalue weighted by atomic mass is 79.9. The maximum absolute atomic E-state index is 10.7. The zero-order valence-corrected chi connectivity index (χ0v) is 8.55. The van der Waals surface area contributed by atoms with Crippen molar-refractivity contribution < 1.29 is 14.6 Å². The Morgan fingerprint density at radius 1 is 1.80 bits per heavy atom. The number of ether oxygens (including phenoxy) is 1. The third kappa shape index (κ3) is 2.98. The molecular weight excluding hydrogens is 268 g/mol. The molecule has 0 radical (unpaired) electrons. The van der Waals surface area contributed by atoms with Crippen LogP contribution < -0.4 is 0 Å². The fourth-order valence-electron chi connectivity index (χ4n) is 0.348. The van der Waals surface area contributed by atoms with Gasteiger partial charge in [-0.2, -0.15) is 0 Å². The van der Waals surface area contributed by atoms with E-state index in [9.17, 15) is 4.79 Å². The molecule has 5 heteroatoms. The van der Waals surface area contributed by atoms with Gasteiger partial charge in [0.1, 0.15) is 4.83 Å². The van der Waals surface area contributed by atoms with E-state index in [0.29, 0.717) is 5.33 Å². The van der Waals surface area contributed by atoms with Gasteiger partial charge in [-0.15, -0.1) is 0 Å². The van der Waals surface area contributed by atoms with E-state index in [2.05, 4.69) is 36.6 Å². The first kappa shape index (κ1) is 10.4. The monoisotopic (exact) mass is 274 g/mol.